The van der Waals surface area contributed by atoms with Gasteiger partial charge in [-0.2, -0.15) is 0 Å². The molecule has 5 aliphatic rings. The molecule has 5 fully saturated rings. The zero-order valence-electron chi connectivity index (χ0n) is 23.5. The molecule has 1 aromatic carbocycles. The van der Waals surface area contributed by atoms with E-state index in [2.05, 4.69) is 0 Å². The number of alkyl halides is 2. The van der Waals surface area contributed by atoms with Gasteiger partial charge in [0.25, 0.3) is 5.92 Å². The summed E-state index contributed by atoms with van der Waals surface area (Å²) in [6, 6.07) is 8.18. The second-order valence-corrected chi connectivity index (χ2v) is 13.1. The molecule has 1 aromatic rings. The number of hydrogen-bond acceptors (Lipinski definition) is 8. The number of fused-ring (bicyclic) bond motifs is 3. The molecular formula is C30H35F2NO8. The average molecular weight is 576 g/mol. The second-order valence-electron chi connectivity index (χ2n) is 13.1. The Labute approximate surface area is 236 Å². The predicted molar refractivity (Wildman–Crippen MR) is 137 cm³/mol. The third-order valence-electron chi connectivity index (χ3n) is 9.37. The van der Waals surface area contributed by atoms with Crippen molar-refractivity contribution in [3.63, 3.8) is 0 Å². The molecule has 4 bridgehead atoms. The molecule has 6 rings (SSSR count). The van der Waals surface area contributed by atoms with Gasteiger partial charge >= 0.3 is 17.9 Å². The van der Waals surface area contributed by atoms with Gasteiger partial charge in [0.2, 0.25) is 5.91 Å². The Morgan fingerprint density at radius 1 is 0.927 bits per heavy atom. The third-order valence-corrected chi connectivity index (χ3v) is 9.37. The second kappa shape index (κ2) is 9.74. The van der Waals surface area contributed by atoms with Gasteiger partial charge in [-0.3, -0.25) is 19.2 Å². The van der Waals surface area contributed by atoms with Crippen LogP contribution in [0.2, 0.25) is 0 Å². The lowest BCUT2D eigenvalue weighted by molar-refractivity contribution is -0.173. The largest absolute Gasteiger partial charge is 0.460 e. The Bertz CT molecular complexity index is 1240. The molecule has 11 heteroatoms. The third kappa shape index (κ3) is 4.70. The van der Waals surface area contributed by atoms with E-state index >= 15 is 0 Å². The highest BCUT2D eigenvalue weighted by molar-refractivity contribution is 5.91. The van der Waals surface area contributed by atoms with E-state index < -0.39 is 89.9 Å². The molecular weight excluding hydrogens is 540 g/mol. The van der Waals surface area contributed by atoms with Crippen LogP contribution in [0, 0.1) is 35.5 Å². The lowest BCUT2D eigenvalue weighted by Crippen LogP contribution is -2.53. The Hall–Kier alpha value is -3.08. The van der Waals surface area contributed by atoms with Crippen molar-refractivity contribution in [2.24, 2.45) is 35.5 Å². The molecule has 1 amide bonds. The molecule has 41 heavy (non-hydrogen) atoms. The summed E-state index contributed by atoms with van der Waals surface area (Å²) in [5, 5.41) is 0. The summed E-state index contributed by atoms with van der Waals surface area (Å²) in [5.41, 5.74) is -0.597. The standard InChI is InChI=1S/C30H35F2NO8/c1-29(2,3)33-23-15-12-16(20(19(15)25(33)34)27(36)39-14-8-6-5-7-9-14)24(23)41-28(37)22-18-11-10-17(40-18)21(22)26(35)38-13-30(4,31)32/h5-9,15-24H,10-13H2,1-4H3. The van der Waals surface area contributed by atoms with Crippen LogP contribution in [-0.4, -0.2) is 71.1 Å². The van der Waals surface area contributed by atoms with E-state index in [0.29, 0.717) is 31.9 Å². The van der Waals surface area contributed by atoms with Gasteiger partial charge in [-0.1, -0.05) is 18.2 Å². The van der Waals surface area contributed by atoms with E-state index in [0.717, 1.165) is 0 Å². The number of para-hydroxylation sites is 1. The monoisotopic (exact) mass is 575 g/mol. The zero-order chi connectivity index (χ0) is 29.4. The van der Waals surface area contributed by atoms with Gasteiger partial charge in [0.05, 0.1) is 41.9 Å². The van der Waals surface area contributed by atoms with Crippen molar-refractivity contribution in [1.82, 2.24) is 4.90 Å². The fraction of sp³-hybridized carbons (Fsp3) is 0.667. The maximum absolute atomic E-state index is 13.8. The molecule has 9 nitrogen and oxygen atoms in total. The summed E-state index contributed by atoms with van der Waals surface area (Å²) in [6.07, 6.45) is -0.453. The highest BCUT2D eigenvalue weighted by atomic mass is 19.3. The highest BCUT2D eigenvalue weighted by Gasteiger charge is 2.72. The summed E-state index contributed by atoms with van der Waals surface area (Å²) >= 11 is 0. The number of nitrogens with zero attached hydrogens (tertiary/aromatic N) is 1. The topological polar surface area (TPSA) is 108 Å². The van der Waals surface area contributed by atoms with Gasteiger partial charge in [0, 0.05) is 18.4 Å². The van der Waals surface area contributed by atoms with E-state index in [1.807, 2.05) is 20.8 Å². The average Bonchev–Trinajstić information content (AvgIpc) is 3.68. The fourth-order valence-corrected chi connectivity index (χ4v) is 8.02. The lowest BCUT2D eigenvalue weighted by atomic mass is 9.77. The summed E-state index contributed by atoms with van der Waals surface area (Å²) in [6.45, 7) is 5.26. The van der Waals surface area contributed by atoms with Crippen LogP contribution in [0.5, 0.6) is 5.75 Å². The van der Waals surface area contributed by atoms with Crippen LogP contribution in [-0.2, 0) is 33.4 Å². The van der Waals surface area contributed by atoms with Gasteiger partial charge in [-0.25, -0.2) is 8.78 Å². The number of carbonyl (C=O) groups excluding carboxylic acids is 4. The van der Waals surface area contributed by atoms with Crippen molar-refractivity contribution >= 4 is 23.8 Å². The summed E-state index contributed by atoms with van der Waals surface area (Å²) in [7, 11) is 0. The first-order valence-corrected chi connectivity index (χ1v) is 14.3. The number of rotatable bonds is 7. The molecule has 0 spiro atoms. The fourth-order valence-electron chi connectivity index (χ4n) is 8.02. The molecule has 3 aliphatic heterocycles. The molecule has 10 unspecified atom stereocenters. The van der Waals surface area contributed by atoms with Crippen molar-refractivity contribution < 1.29 is 46.9 Å². The van der Waals surface area contributed by atoms with Crippen LogP contribution in [0.25, 0.3) is 0 Å². The number of ether oxygens (including phenoxy) is 4. The zero-order valence-corrected chi connectivity index (χ0v) is 23.5. The number of likely N-dealkylation sites (tertiary alicyclic amines) is 1. The first kappa shape index (κ1) is 28.1. The molecule has 10 atom stereocenters. The van der Waals surface area contributed by atoms with Crippen molar-refractivity contribution in [3.8, 4) is 5.75 Å². The van der Waals surface area contributed by atoms with Gasteiger partial charge in [0.15, 0.2) is 6.61 Å². The van der Waals surface area contributed by atoms with Gasteiger partial charge in [0.1, 0.15) is 11.9 Å². The normalized spacial score (nSPS) is 37.0. The number of amides is 1. The number of esters is 3. The van der Waals surface area contributed by atoms with Crippen molar-refractivity contribution in [3.05, 3.63) is 30.3 Å². The van der Waals surface area contributed by atoms with E-state index in [4.69, 9.17) is 18.9 Å². The molecule has 0 aromatic heterocycles. The van der Waals surface area contributed by atoms with Crippen LogP contribution in [0.4, 0.5) is 8.78 Å². The van der Waals surface area contributed by atoms with E-state index in [1.165, 1.54) is 0 Å². The SMILES string of the molecule is CC(F)(F)COC(=O)C1C2CCC(O2)C1C(=O)OC1C2CC3C(C(=O)N(C(C)(C)C)C31)C2C(=O)Oc1ccccc1. The van der Waals surface area contributed by atoms with Crippen LogP contribution in [0.15, 0.2) is 30.3 Å². The molecule has 3 saturated heterocycles. The van der Waals surface area contributed by atoms with E-state index in [1.54, 1.807) is 35.2 Å². The Morgan fingerprint density at radius 2 is 1.56 bits per heavy atom. The number of benzene rings is 1. The minimum atomic E-state index is -3.21. The Morgan fingerprint density at radius 3 is 2.17 bits per heavy atom. The van der Waals surface area contributed by atoms with Gasteiger partial charge < -0.3 is 23.8 Å². The van der Waals surface area contributed by atoms with Crippen LogP contribution >= 0.6 is 0 Å². The van der Waals surface area contributed by atoms with Gasteiger partial charge in [-0.15, -0.1) is 0 Å². The van der Waals surface area contributed by atoms with Gasteiger partial charge in [-0.05, 0) is 58.1 Å². The minimum Gasteiger partial charge on any atom is -0.460 e. The summed E-state index contributed by atoms with van der Waals surface area (Å²) in [4.78, 5) is 55.7. The molecule has 0 N–H and O–H groups in total. The summed E-state index contributed by atoms with van der Waals surface area (Å²) < 4.78 is 49.4. The minimum absolute atomic E-state index is 0.159. The molecule has 222 valence electrons. The lowest BCUT2D eigenvalue weighted by Gasteiger charge is -2.40. The summed E-state index contributed by atoms with van der Waals surface area (Å²) in [5.74, 6) is -9.23. The Balaban J connectivity index is 1.26. The van der Waals surface area contributed by atoms with Crippen molar-refractivity contribution in [2.45, 2.75) is 82.8 Å². The van der Waals surface area contributed by atoms with Crippen LogP contribution in [0.1, 0.15) is 47.0 Å². The quantitative estimate of drug-likeness (QED) is 0.360. The Kier molecular flexibility index (Phi) is 6.67. The highest BCUT2D eigenvalue weighted by Crippen LogP contribution is 2.61. The maximum Gasteiger partial charge on any atom is 0.315 e. The predicted octanol–water partition coefficient (Wildman–Crippen LogP) is 3.39. The molecule has 2 aliphatic carbocycles. The molecule has 2 saturated carbocycles. The van der Waals surface area contributed by atoms with E-state index in [-0.39, 0.29) is 11.8 Å². The van der Waals surface area contributed by atoms with Crippen molar-refractivity contribution in [1.29, 1.82) is 0 Å². The number of hydrogen-bond donors (Lipinski definition) is 0. The van der Waals surface area contributed by atoms with E-state index in [9.17, 15) is 28.0 Å². The molecule has 0 radical (unpaired) electrons. The maximum atomic E-state index is 13.8. The first-order chi connectivity index (χ1) is 19.3. The smallest absolute Gasteiger partial charge is 0.315 e. The van der Waals surface area contributed by atoms with Crippen LogP contribution < -0.4 is 4.74 Å². The molecule has 3 heterocycles. The van der Waals surface area contributed by atoms with Crippen molar-refractivity contribution in [2.75, 3.05) is 6.61 Å². The number of halogens is 2. The number of carbonyl (C=O) groups is 4. The first-order valence-electron chi connectivity index (χ1n) is 14.3. The van der Waals surface area contributed by atoms with Crippen LogP contribution in [0.3, 0.4) is 0 Å².